The zero-order chi connectivity index (χ0) is 29.5. The highest BCUT2D eigenvalue weighted by Crippen LogP contribution is 2.43. The molecule has 0 aliphatic heterocycles. The molecule has 1 heterocycles. The first-order valence-corrected chi connectivity index (χ1v) is 15.3. The van der Waals surface area contributed by atoms with E-state index in [1.165, 1.54) is 55.2 Å². The minimum absolute atomic E-state index is 0.763. The van der Waals surface area contributed by atoms with Crippen molar-refractivity contribution in [3.05, 3.63) is 175 Å². The first-order chi connectivity index (χ1) is 21.8. The van der Waals surface area contributed by atoms with Gasteiger partial charge in [-0.3, -0.25) is 0 Å². The van der Waals surface area contributed by atoms with Gasteiger partial charge in [-0.2, -0.15) is 0 Å². The third-order valence-electron chi connectivity index (χ3n) is 8.51. The summed E-state index contributed by atoms with van der Waals surface area (Å²) < 4.78 is 2.39. The lowest BCUT2D eigenvalue weighted by atomic mass is 9.91. The quantitative estimate of drug-likeness (QED) is 0.190. The molecule has 0 saturated heterocycles. The van der Waals surface area contributed by atoms with Crippen molar-refractivity contribution in [1.82, 2.24) is 4.57 Å². The van der Waals surface area contributed by atoms with Crippen molar-refractivity contribution in [1.29, 1.82) is 0 Å². The van der Waals surface area contributed by atoms with E-state index in [0.717, 1.165) is 21.8 Å². The van der Waals surface area contributed by atoms with Crippen LogP contribution in [0, 0.1) is 0 Å². The summed E-state index contributed by atoms with van der Waals surface area (Å²) in [6.07, 6.45) is 0. The maximum atomic E-state index is 6.50. The van der Waals surface area contributed by atoms with Crippen LogP contribution in [0.5, 0.6) is 0 Å². The Morgan fingerprint density at radius 2 is 0.932 bits per heavy atom. The Hall–Kier alpha value is -5.37. The van der Waals surface area contributed by atoms with E-state index in [0.29, 0.717) is 0 Å². The fraction of sp³-hybridized carbons (Fsp3) is 0. The van der Waals surface area contributed by atoms with Gasteiger partial charge < -0.3 is 4.57 Å². The molecule has 208 valence electrons. The van der Waals surface area contributed by atoms with Gasteiger partial charge >= 0.3 is 0 Å². The Morgan fingerprint density at radius 1 is 0.364 bits per heavy atom. The van der Waals surface area contributed by atoms with Crippen molar-refractivity contribution in [3.8, 4) is 50.2 Å². The van der Waals surface area contributed by atoms with Gasteiger partial charge in [-0.25, -0.2) is 0 Å². The van der Waals surface area contributed by atoms with Crippen LogP contribution in [0.15, 0.2) is 170 Å². The molecule has 0 atom stereocenters. The van der Waals surface area contributed by atoms with Gasteiger partial charge in [-0.15, -0.1) is 0 Å². The van der Waals surface area contributed by atoms with Crippen LogP contribution < -0.4 is 0 Å². The topological polar surface area (TPSA) is 4.93 Å². The number of rotatable bonds is 5. The van der Waals surface area contributed by atoms with E-state index in [2.05, 4.69) is 156 Å². The van der Waals surface area contributed by atoms with Crippen LogP contribution in [0.4, 0.5) is 0 Å². The highest BCUT2D eigenvalue weighted by atomic mass is 35.5. The second-order valence-electron chi connectivity index (χ2n) is 11.1. The Morgan fingerprint density at radius 3 is 1.68 bits per heavy atom. The van der Waals surface area contributed by atoms with E-state index < -0.39 is 0 Å². The molecule has 7 aromatic carbocycles. The molecule has 0 radical (unpaired) electrons. The van der Waals surface area contributed by atoms with Crippen LogP contribution in [0.1, 0.15) is 0 Å². The standard InChI is InChI=1S/C42H28ClN/c43-39-20-10-9-17-35(39)31-24-22-29(23-25-31)32-26-27-40-38(28-32)42-37(19-11-21-41(42)44(40)33-14-5-2-6-15-33)36-18-8-7-16-34(36)30-12-3-1-4-13-30/h1-28H. The molecular formula is C42H28ClN. The lowest BCUT2D eigenvalue weighted by Crippen LogP contribution is -1.93. The second kappa shape index (κ2) is 11.0. The summed E-state index contributed by atoms with van der Waals surface area (Å²) in [5, 5.41) is 3.25. The first kappa shape index (κ1) is 26.3. The lowest BCUT2D eigenvalue weighted by Gasteiger charge is -2.12. The van der Waals surface area contributed by atoms with Crippen molar-refractivity contribution >= 4 is 33.4 Å². The van der Waals surface area contributed by atoms with E-state index in [4.69, 9.17) is 11.6 Å². The van der Waals surface area contributed by atoms with Crippen molar-refractivity contribution in [2.45, 2.75) is 0 Å². The highest BCUT2D eigenvalue weighted by molar-refractivity contribution is 6.33. The van der Waals surface area contributed by atoms with Gasteiger partial charge in [0.2, 0.25) is 0 Å². The van der Waals surface area contributed by atoms with Crippen molar-refractivity contribution in [2.24, 2.45) is 0 Å². The summed E-state index contributed by atoms with van der Waals surface area (Å²) in [7, 11) is 0. The molecule has 0 bridgehead atoms. The highest BCUT2D eigenvalue weighted by Gasteiger charge is 2.18. The first-order valence-electron chi connectivity index (χ1n) is 14.9. The number of hydrogen-bond donors (Lipinski definition) is 0. The molecule has 8 rings (SSSR count). The van der Waals surface area contributed by atoms with Gasteiger partial charge in [-0.1, -0.05) is 145 Å². The summed E-state index contributed by atoms with van der Waals surface area (Å²) in [4.78, 5) is 0. The van der Waals surface area contributed by atoms with Gasteiger partial charge in [0.05, 0.1) is 11.0 Å². The number of para-hydroxylation sites is 1. The summed E-state index contributed by atoms with van der Waals surface area (Å²) in [6, 6.07) is 60.4. The summed E-state index contributed by atoms with van der Waals surface area (Å²) in [5.74, 6) is 0. The third-order valence-corrected chi connectivity index (χ3v) is 8.84. The molecule has 0 aliphatic carbocycles. The van der Waals surface area contributed by atoms with E-state index in [1.54, 1.807) is 0 Å². The van der Waals surface area contributed by atoms with E-state index >= 15 is 0 Å². The molecular weight excluding hydrogens is 554 g/mol. The number of aromatic nitrogens is 1. The van der Waals surface area contributed by atoms with Gasteiger partial charge in [0.15, 0.2) is 0 Å². The average molecular weight is 582 g/mol. The smallest absolute Gasteiger partial charge is 0.0547 e. The predicted octanol–water partition coefficient (Wildman–Crippen LogP) is 12.1. The summed E-state index contributed by atoms with van der Waals surface area (Å²) in [6.45, 7) is 0. The average Bonchev–Trinajstić information content (AvgIpc) is 3.43. The van der Waals surface area contributed by atoms with Gasteiger partial charge in [0.25, 0.3) is 0 Å². The molecule has 44 heavy (non-hydrogen) atoms. The number of nitrogens with zero attached hydrogens (tertiary/aromatic N) is 1. The Kier molecular flexibility index (Phi) is 6.59. The minimum Gasteiger partial charge on any atom is -0.309 e. The summed E-state index contributed by atoms with van der Waals surface area (Å²) in [5.41, 5.74) is 12.9. The molecule has 0 saturated carbocycles. The molecule has 0 aliphatic rings. The minimum atomic E-state index is 0.763. The fourth-order valence-corrected chi connectivity index (χ4v) is 6.70. The maximum Gasteiger partial charge on any atom is 0.0547 e. The molecule has 2 heteroatoms. The number of hydrogen-bond acceptors (Lipinski definition) is 0. The van der Waals surface area contributed by atoms with Gasteiger partial charge in [-0.05, 0) is 75.3 Å². The van der Waals surface area contributed by atoms with E-state index in [1.807, 2.05) is 18.2 Å². The van der Waals surface area contributed by atoms with Crippen LogP contribution in [0.2, 0.25) is 5.02 Å². The zero-order valence-electron chi connectivity index (χ0n) is 24.0. The maximum absolute atomic E-state index is 6.50. The molecule has 0 unspecified atom stereocenters. The van der Waals surface area contributed by atoms with Gasteiger partial charge in [0, 0.05) is 27.0 Å². The van der Waals surface area contributed by atoms with Crippen LogP contribution >= 0.6 is 11.6 Å². The number of benzene rings is 7. The molecule has 8 aromatic rings. The molecule has 1 nitrogen and oxygen atoms in total. The van der Waals surface area contributed by atoms with Crippen molar-refractivity contribution in [2.75, 3.05) is 0 Å². The van der Waals surface area contributed by atoms with Crippen LogP contribution in [0.25, 0.3) is 72.0 Å². The predicted molar refractivity (Wildman–Crippen MR) is 188 cm³/mol. The molecule has 0 N–H and O–H groups in total. The van der Waals surface area contributed by atoms with Crippen LogP contribution in [0.3, 0.4) is 0 Å². The molecule has 1 aromatic heterocycles. The molecule has 0 fully saturated rings. The number of fused-ring (bicyclic) bond motifs is 3. The van der Waals surface area contributed by atoms with Gasteiger partial charge in [0.1, 0.15) is 0 Å². The fourth-order valence-electron chi connectivity index (χ4n) is 6.45. The Labute approximate surface area is 262 Å². The summed E-state index contributed by atoms with van der Waals surface area (Å²) >= 11 is 6.50. The molecule has 0 amide bonds. The zero-order valence-corrected chi connectivity index (χ0v) is 24.7. The SMILES string of the molecule is Clc1ccccc1-c1ccc(-c2ccc3c(c2)c2c(-c4ccccc4-c4ccccc4)cccc2n3-c2ccccc2)cc1. The lowest BCUT2D eigenvalue weighted by molar-refractivity contribution is 1.18. The Bertz CT molecular complexity index is 2260. The largest absolute Gasteiger partial charge is 0.309 e. The normalized spacial score (nSPS) is 11.3. The third kappa shape index (κ3) is 4.50. The molecule has 0 spiro atoms. The van der Waals surface area contributed by atoms with E-state index in [9.17, 15) is 0 Å². The Balaban J connectivity index is 1.37. The van der Waals surface area contributed by atoms with Crippen molar-refractivity contribution < 1.29 is 0 Å². The van der Waals surface area contributed by atoms with E-state index in [-0.39, 0.29) is 0 Å². The second-order valence-corrected chi connectivity index (χ2v) is 11.5. The number of halogens is 1. The monoisotopic (exact) mass is 581 g/mol. The van der Waals surface area contributed by atoms with Crippen LogP contribution in [-0.4, -0.2) is 4.57 Å². The van der Waals surface area contributed by atoms with Crippen molar-refractivity contribution in [3.63, 3.8) is 0 Å². The van der Waals surface area contributed by atoms with Crippen LogP contribution in [-0.2, 0) is 0 Å².